The maximum absolute atomic E-state index is 11.9. The minimum Gasteiger partial charge on any atom is -0.444 e. The fourth-order valence-electron chi connectivity index (χ4n) is 2.50. The molecular formula is C12H22N2O2. The van der Waals surface area contributed by atoms with Crippen LogP contribution in [0.5, 0.6) is 0 Å². The summed E-state index contributed by atoms with van der Waals surface area (Å²) in [6.07, 6.45) is 2.05. The molecule has 1 amide bonds. The summed E-state index contributed by atoms with van der Waals surface area (Å²) in [5, 5.41) is 0. The molecule has 0 aromatic carbocycles. The molecule has 1 aliphatic heterocycles. The van der Waals surface area contributed by atoms with Gasteiger partial charge >= 0.3 is 6.09 Å². The molecule has 0 bridgehead atoms. The van der Waals surface area contributed by atoms with Crippen LogP contribution >= 0.6 is 0 Å². The third kappa shape index (κ3) is 1.90. The number of hydrogen-bond acceptors (Lipinski definition) is 3. The highest BCUT2D eigenvalue weighted by molar-refractivity contribution is 5.69. The van der Waals surface area contributed by atoms with Crippen LogP contribution in [0.25, 0.3) is 0 Å². The van der Waals surface area contributed by atoms with Gasteiger partial charge < -0.3 is 15.4 Å². The van der Waals surface area contributed by atoms with Crippen molar-refractivity contribution in [3.05, 3.63) is 0 Å². The Kier molecular flexibility index (Phi) is 2.29. The smallest absolute Gasteiger partial charge is 0.410 e. The van der Waals surface area contributed by atoms with Crippen molar-refractivity contribution in [2.24, 2.45) is 11.1 Å². The summed E-state index contributed by atoms with van der Waals surface area (Å²) in [5.41, 5.74) is 5.76. The third-order valence-electron chi connectivity index (χ3n) is 3.73. The number of ether oxygens (including phenoxy) is 1. The summed E-state index contributed by atoms with van der Waals surface area (Å²) in [6.45, 7) is 9.07. The Hall–Kier alpha value is -0.770. The number of nitrogens with zero attached hydrogens (tertiary/aromatic N) is 1. The minimum absolute atomic E-state index is 0.171. The average molecular weight is 226 g/mol. The van der Waals surface area contributed by atoms with Crippen molar-refractivity contribution in [1.29, 1.82) is 0 Å². The second-order valence-electron chi connectivity index (χ2n) is 6.53. The molecule has 4 nitrogen and oxygen atoms in total. The third-order valence-corrected chi connectivity index (χ3v) is 3.73. The van der Waals surface area contributed by atoms with Gasteiger partial charge in [0.15, 0.2) is 0 Å². The number of carbonyl (C=O) groups excluding carboxylic acids is 1. The predicted octanol–water partition coefficient (Wildman–Crippen LogP) is 1.73. The minimum atomic E-state index is -0.429. The first kappa shape index (κ1) is 11.7. The van der Waals surface area contributed by atoms with E-state index in [4.69, 9.17) is 10.5 Å². The van der Waals surface area contributed by atoms with Gasteiger partial charge in [0.2, 0.25) is 0 Å². The number of hydrogen-bond donors (Lipinski definition) is 1. The first-order chi connectivity index (χ1) is 7.15. The molecule has 1 saturated carbocycles. The summed E-state index contributed by atoms with van der Waals surface area (Å²) in [7, 11) is 0. The van der Waals surface area contributed by atoms with Gasteiger partial charge in [0, 0.05) is 24.0 Å². The van der Waals surface area contributed by atoms with Gasteiger partial charge in [-0.1, -0.05) is 0 Å². The van der Waals surface area contributed by atoms with Gasteiger partial charge in [-0.2, -0.15) is 0 Å². The van der Waals surface area contributed by atoms with E-state index in [2.05, 4.69) is 0 Å². The molecule has 2 fully saturated rings. The Balaban J connectivity index is 2.01. The topological polar surface area (TPSA) is 55.6 Å². The lowest BCUT2D eigenvalue weighted by atomic mass is 9.87. The molecule has 2 aliphatic rings. The van der Waals surface area contributed by atoms with Crippen molar-refractivity contribution in [2.45, 2.75) is 51.7 Å². The van der Waals surface area contributed by atoms with Crippen LogP contribution in [-0.4, -0.2) is 35.2 Å². The van der Waals surface area contributed by atoms with Crippen molar-refractivity contribution in [3.63, 3.8) is 0 Å². The Labute approximate surface area is 97.1 Å². The lowest BCUT2D eigenvalue weighted by Crippen LogP contribution is -2.46. The van der Waals surface area contributed by atoms with Crippen molar-refractivity contribution in [1.82, 2.24) is 4.90 Å². The van der Waals surface area contributed by atoms with Crippen LogP contribution in [-0.2, 0) is 4.74 Å². The number of rotatable bonds is 0. The lowest BCUT2D eigenvalue weighted by molar-refractivity contribution is 0.0281. The second kappa shape index (κ2) is 3.13. The highest BCUT2D eigenvalue weighted by atomic mass is 16.6. The molecule has 1 saturated heterocycles. The summed E-state index contributed by atoms with van der Waals surface area (Å²) in [4.78, 5) is 13.7. The van der Waals surface area contributed by atoms with E-state index in [0.29, 0.717) is 6.54 Å². The lowest BCUT2D eigenvalue weighted by Gasteiger charge is -2.25. The Morgan fingerprint density at radius 2 is 1.88 bits per heavy atom. The van der Waals surface area contributed by atoms with Gasteiger partial charge in [0.05, 0.1) is 0 Å². The van der Waals surface area contributed by atoms with E-state index in [1.165, 1.54) is 0 Å². The van der Waals surface area contributed by atoms with Gasteiger partial charge in [-0.05, 0) is 40.5 Å². The van der Waals surface area contributed by atoms with Crippen molar-refractivity contribution >= 4 is 6.09 Å². The molecule has 1 atom stereocenters. The maximum Gasteiger partial charge on any atom is 0.410 e. The molecule has 1 spiro atoms. The zero-order chi connectivity index (χ0) is 12.2. The van der Waals surface area contributed by atoms with Crippen LogP contribution in [0.4, 0.5) is 4.79 Å². The standard InChI is InChI=1S/C12H22N2O2/c1-10(2,3)16-9(15)14-7-11(4,13)12(8-14)5-6-12/h5-8,13H2,1-4H3. The number of carbonyl (C=O) groups is 1. The van der Waals surface area contributed by atoms with Crippen LogP contribution in [0, 0.1) is 5.41 Å². The highest BCUT2D eigenvalue weighted by Gasteiger charge is 2.61. The van der Waals surface area contributed by atoms with Crippen LogP contribution < -0.4 is 5.73 Å². The fourth-order valence-corrected chi connectivity index (χ4v) is 2.50. The largest absolute Gasteiger partial charge is 0.444 e. The average Bonchev–Trinajstić information content (AvgIpc) is 2.75. The van der Waals surface area contributed by atoms with E-state index in [1.54, 1.807) is 4.90 Å². The molecule has 1 aliphatic carbocycles. The second-order valence-corrected chi connectivity index (χ2v) is 6.53. The van der Waals surface area contributed by atoms with Crippen molar-refractivity contribution in [2.75, 3.05) is 13.1 Å². The summed E-state index contributed by atoms with van der Waals surface area (Å²) < 4.78 is 5.37. The summed E-state index contributed by atoms with van der Waals surface area (Å²) >= 11 is 0. The quantitative estimate of drug-likeness (QED) is 0.684. The van der Waals surface area contributed by atoms with E-state index in [9.17, 15) is 4.79 Å². The highest BCUT2D eigenvalue weighted by Crippen LogP contribution is 2.57. The monoisotopic (exact) mass is 226 g/mol. The Morgan fingerprint density at radius 3 is 2.25 bits per heavy atom. The molecule has 1 unspecified atom stereocenters. The Bertz CT molecular complexity index is 307. The molecule has 0 aromatic heterocycles. The maximum atomic E-state index is 11.9. The van der Waals surface area contributed by atoms with E-state index >= 15 is 0 Å². The van der Waals surface area contributed by atoms with Crippen molar-refractivity contribution < 1.29 is 9.53 Å². The normalized spacial score (nSPS) is 31.9. The van der Waals surface area contributed by atoms with Crippen LogP contribution in [0.2, 0.25) is 0 Å². The van der Waals surface area contributed by atoms with E-state index in [1.807, 2.05) is 27.7 Å². The van der Waals surface area contributed by atoms with Gasteiger partial charge in [0.1, 0.15) is 5.60 Å². The molecule has 16 heavy (non-hydrogen) atoms. The zero-order valence-corrected chi connectivity index (χ0v) is 10.7. The number of likely N-dealkylation sites (tertiary alicyclic amines) is 1. The van der Waals surface area contributed by atoms with E-state index < -0.39 is 5.60 Å². The zero-order valence-electron chi connectivity index (χ0n) is 10.7. The first-order valence-electron chi connectivity index (χ1n) is 5.92. The van der Waals surface area contributed by atoms with Gasteiger partial charge in [-0.25, -0.2) is 4.79 Å². The molecule has 0 radical (unpaired) electrons. The molecular weight excluding hydrogens is 204 g/mol. The van der Waals surface area contributed by atoms with Crippen LogP contribution in [0.1, 0.15) is 40.5 Å². The molecule has 0 aromatic rings. The summed E-state index contributed by atoms with van der Waals surface area (Å²) in [6, 6.07) is 0. The predicted molar refractivity (Wildman–Crippen MR) is 62.1 cm³/mol. The Morgan fingerprint density at radius 1 is 1.31 bits per heavy atom. The fraction of sp³-hybridized carbons (Fsp3) is 0.917. The van der Waals surface area contributed by atoms with E-state index in [-0.39, 0.29) is 17.0 Å². The van der Waals surface area contributed by atoms with Crippen LogP contribution in [0.3, 0.4) is 0 Å². The first-order valence-corrected chi connectivity index (χ1v) is 5.92. The van der Waals surface area contributed by atoms with Gasteiger partial charge in [-0.15, -0.1) is 0 Å². The number of nitrogens with two attached hydrogens (primary N) is 1. The van der Waals surface area contributed by atoms with Gasteiger partial charge in [-0.3, -0.25) is 0 Å². The molecule has 92 valence electrons. The number of amides is 1. The molecule has 1 heterocycles. The molecule has 4 heteroatoms. The SMILES string of the molecule is CC(C)(C)OC(=O)N1CC(C)(N)C2(CC2)C1. The molecule has 2 rings (SSSR count). The van der Waals surface area contributed by atoms with Gasteiger partial charge in [0.25, 0.3) is 0 Å². The molecule has 2 N–H and O–H groups in total. The van der Waals surface area contributed by atoms with Crippen molar-refractivity contribution in [3.8, 4) is 0 Å². The van der Waals surface area contributed by atoms with E-state index in [0.717, 1.165) is 19.4 Å². The summed E-state index contributed by atoms with van der Waals surface area (Å²) in [5.74, 6) is 0. The van der Waals surface area contributed by atoms with Crippen LogP contribution in [0.15, 0.2) is 0 Å².